The van der Waals surface area contributed by atoms with E-state index in [0.29, 0.717) is 0 Å². The van der Waals surface area contributed by atoms with Crippen LogP contribution in [0.3, 0.4) is 0 Å². The summed E-state index contributed by atoms with van der Waals surface area (Å²) in [5.41, 5.74) is 0. The molecule has 0 bridgehead atoms. The van der Waals surface area contributed by atoms with Gasteiger partial charge in [0.05, 0.1) is 6.10 Å². The Morgan fingerprint density at radius 1 is 1.55 bits per heavy atom. The van der Waals surface area contributed by atoms with Crippen molar-refractivity contribution in [2.45, 2.75) is 38.7 Å². The Balaban J connectivity index is 3.31. The number of aliphatic hydroxyl groups excluding tert-OH is 1. The second-order valence-electron chi connectivity index (χ2n) is 2.59. The summed E-state index contributed by atoms with van der Waals surface area (Å²) in [5, 5.41) is 9.22. The van der Waals surface area contributed by atoms with Gasteiger partial charge in [0.2, 0.25) is 0 Å². The van der Waals surface area contributed by atoms with Gasteiger partial charge in [-0.2, -0.15) is 0 Å². The van der Waals surface area contributed by atoms with E-state index in [1.165, 1.54) is 12.8 Å². The molecule has 0 saturated heterocycles. The molecular weight excluding hydrogens is 136 g/mol. The summed E-state index contributed by atoms with van der Waals surface area (Å²) in [6.07, 6.45) is 12.1. The molecule has 11 heavy (non-hydrogen) atoms. The van der Waals surface area contributed by atoms with Crippen LogP contribution in [0.5, 0.6) is 0 Å². The van der Waals surface area contributed by atoms with E-state index in [0.717, 1.165) is 12.8 Å². The monoisotopic (exact) mass is 152 g/mol. The van der Waals surface area contributed by atoms with Gasteiger partial charge in [-0.25, -0.2) is 0 Å². The normalized spacial score (nSPS) is 13.2. The predicted molar refractivity (Wildman–Crippen MR) is 48.1 cm³/mol. The van der Waals surface area contributed by atoms with Crippen molar-refractivity contribution >= 4 is 0 Å². The van der Waals surface area contributed by atoms with E-state index in [1.54, 1.807) is 12.2 Å². The smallest absolute Gasteiger partial charge is 0.0730 e. The van der Waals surface area contributed by atoms with Crippen molar-refractivity contribution in [3.8, 4) is 12.3 Å². The zero-order chi connectivity index (χ0) is 8.53. The van der Waals surface area contributed by atoms with Crippen molar-refractivity contribution in [3.63, 3.8) is 0 Å². The first-order valence-corrected chi connectivity index (χ1v) is 4.12. The van der Waals surface area contributed by atoms with Crippen molar-refractivity contribution in [2.75, 3.05) is 0 Å². The maximum atomic E-state index is 9.22. The molecule has 0 amide bonds. The van der Waals surface area contributed by atoms with Crippen molar-refractivity contribution in [1.82, 2.24) is 0 Å². The Kier molecular flexibility index (Phi) is 6.87. The lowest BCUT2D eigenvalue weighted by Gasteiger charge is -2.02. The molecule has 0 aromatic carbocycles. The first-order chi connectivity index (χ1) is 5.31. The van der Waals surface area contributed by atoms with Gasteiger partial charge in [-0.05, 0) is 18.6 Å². The molecule has 1 nitrogen and oxygen atoms in total. The summed E-state index contributed by atoms with van der Waals surface area (Å²) >= 11 is 0. The predicted octanol–water partition coefficient (Wildman–Crippen LogP) is 2.12. The Hall–Kier alpha value is -0.740. The minimum absolute atomic E-state index is 0.349. The maximum absolute atomic E-state index is 9.22. The van der Waals surface area contributed by atoms with E-state index in [1.807, 2.05) is 0 Å². The molecule has 0 aromatic rings. The van der Waals surface area contributed by atoms with Crippen LogP contribution in [0.2, 0.25) is 0 Å². The third-order valence-electron chi connectivity index (χ3n) is 1.52. The van der Waals surface area contributed by atoms with Gasteiger partial charge in [-0.3, -0.25) is 0 Å². The van der Waals surface area contributed by atoms with Crippen LogP contribution in [-0.2, 0) is 0 Å². The van der Waals surface area contributed by atoms with E-state index in [4.69, 9.17) is 6.42 Å². The minimum atomic E-state index is -0.349. The molecule has 0 fully saturated rings. The molecule has 1 atom stereocenters. The average Bonchev–Trinajstić information content (AvgIpc) is 2.01. The van der Waals surface area contributed by atoms with Crippen LogP contribution in [-0.4, -0.2) is 11.2 Å². The second-order valence-corrected chi connectivity index (χ2v) is 2.59. The van der Waals surface area contributed by atoms with Crippen molar-refractivity contribution < 1.29 is 5.11 Å². The Labute approximate surface area is 69.1 Å². The quantitative estimate of drug-likeness (QED) is 0.472. The fourth-order valence-electron chi connectivity index (χ4n) is 0.866. The Morgan fingerprint density at radius 3 is 2.82 bits per heavy atom. The summed E-state index contributed by atoms with van der Waals surface area (Å²) in [4.78, 5) is 0. The molecule has 0 heterocycles. The molecule has 1 heteroatoms. The molecule has 0 saturated carbocycles. The standard InChI is InChI=1S/C10H16O/c1-3-5-7-9-10(11)8-6-4-2/h2,6,8,10-11H,3,5,7,9H2,1H3/b8-6+/t10-/m1/s1. The highest BCUT2D eigenvalue weighted by Gasteiger charge is 1.96. The number of unbranched alkanes of at least 4 members (excludes halogenated alkanes) is 2. The molecule has 0 aliphatic carbocycles. The number of rotatable bonds is 5. The van der Waals surface area contributed by atoms with Crippen LogP contribution in [0.25, 0.3) is 0 Å². The van der Waals surface area contributed by atoms with Gasteiger partial charge in [0.1, 0.15) is 0 Å². The third-order valence-corrected chi connectivity index (χ3v) is 1.52. The number of allylic oxidation sites excluding steroid dienone is 1. The van der Waals surface area contributed by atoms with Crippen molar-refractivity contribution in [2.24, 2.45) is 0 Å². The number of hydrogen-bond donors (Lipinski definition) is 1. The highest BCUT2D eigenvalue weighted by Crippen LogP contribution is 2.03. The molecule has 0 aliphatic heterocycles. The summed E-state index contributed by atoms with van der Waals surface area (Å²) in [6.45, 7) is 2.14. The van der Waals surface area contributed by atoms with Crippen LogP contribution < -0.4 is 0 Å². The summed E-state index contributed by atoms with van der Waals surface area (Å²) in [5.74, 6) is 2.35. The van der Waals surface area contributed by atoms with Gasteiger partial charge in [-0.1, -0.05) is 32.1 Å². The van der Waals surface area contributed by atoms with E-state index in [-0.39, 0.29) is 6.10 Å². The molecule has 1 N–H and O–H groups in total. The third kappa shape index (κ3) is 7.15. The number of aliphatic hydroxyl groups is 1. The van der Waals surface area contributed by atoms with E-state index in [9.17, 15) is 5.11 Å². The Bertz CT molecular complexity index is 141. The first-order valence-electron chi connectivity index (χ1n) is 4.12. The lowest BCUT2D eigenvalue weighted by Crippen LogP contribution is -2.00. The molecule has 0 rings (SSSR count). The van der Waals surface area contributed by atoms with Crippen LogP contribution in [0.15, 0.2) is 12.2 Å². The summed E-state index contributed by atoms with van der Waals surface area (Å²) < 4.78 is 0. The van der Waals surface area contributed by atoms with Crippen LogP contribution >= 0.6 is 0 Å². The number of hydrogen-bond acceptors (Lipinski definition) is 1. The minimum Gasteiger partial charge on any atom is -0.389 e. The molecule has 0 aromatic heterocycles. The molecule has 0 radical (unpaired) electrons. The van der Waals surface area contributed by atoms with E-state index in [2.05, 4.69) is 12.8 Å². The van der Waals surface area contributed by atoms with Gasteiger partial charge < -0.3 is 5.11 Å². The van der Waals surface area contributed by atoms with Gasteiger partial charge in [-0.15, -0.1) is 6.42 Å². The highest BCUT2D eigenvalue weighted by atomic mass is 16.3. The largest absolute Gasteiger partial charge is 0.389 e. The van der Waals surface area contributed by atoms with Gasteiger partial charge in [0, 0.05) is 0 Å². The van der Waals surface area contributed by atoms with Gasteiger partial charge in [0.25, 0.3) is 0 Å². The molecule has 0 spiro atoms. The summed E-state index contributed by atoms with van der Waals surface area (Å²) in [6, 6.07) is 0. The second kappa shape index (κ2) is 7.37. The number of terminal acetylenes is 1. The van der Waals surface area contributed by atoms with Crippen LogP contribution in [0.4, 0.5) is 0 Å². The Morgan fingerprint density at radius 2 is 2.27 bits per heavy atom. The zero-order valence-electron chi connectivity index (χ0n) is 7.09. The van der Waals surface area contributed by atoms with Crippen molar-refractivity contribution in [1.29, 1.82) is 0 Å². The average molecular weight is 152 g/mol. The maximum Gasteiger partial charge on any atom is 0.0730 e. The SMILES string of the molecule is C#C/C=C/[C@@H](O)CCCCC. The fourth-order valence-corrected chi connectivity index (χ4v) is 0.866. The van der Waals surface area contributed by atoms with Crippen LogP contribution in [0, 0.1) is 12.3 Å². The molecular formula is C10H16O. The van der Waals surface area contributed by atoms with E-state index >= 15 is 0 Å². The van der Waals surface area contributed by atoms with Crippen molar-refractivity contribution in [3.05, 3.63) is 12.2 Å². The zero-order valence-corrected chi connectivity index (χ0v) is 7.09. The van der Waals surface area contributed by atoms with E-state index < -0.39 is 0 Å². The highest BCUT2D eigenvalue weighted by molar-refractivity contribution is 5.10. The molecule has 0 aliphatic rings. The lowest BCUT2D eigenvalue weighted by molar-refractivity contribution is 0.208. The lowest BCUT2D eigenvalue weighted by atomic mass is 10.1. The fraction of sp³-hybridized carbons (Fsp3) is 0.600. The summed E-state index contributed by atoms with van der Waals surface area (Å²) in [7, 11) is 0. The van der Waals surface area contributed by atoms with Gasteiger partial charge >= 0.3 is 0 Å². The topological polar surface area (TPSA) is 20.2 Å². The molecule has 0 unspecified atom stereocenters. The molecule has 62 valence electrons. The van der Waals surface area contributed by atoms with Crippen LogP contribution in [0.1, 0.15) is 32.6 Å². The first kappa shape index (κ1) is 10.3. The van der Waals surface area contributed by atoms with Gasteiger partial charge in [0.15, 0.2) is 0 Å².